The number of azide groups is 1. The lowest BCUT2D eigenvalue weighted by Crippen LogP contribution is -2.12. The number of nitrogens with zero attached hydrogens (tertiary/aromatic N) is 4. The summed E-state index contributed by atoms with van der Waals surface area (Å²) in [6.45, 7) is 2.20. The van der Waals surface area contributed by atoms with E-state index in [1.54, 1.807) is 0 Å². The molecule has 0 N–H and O–H groups in total. The molecule has 108 valence electrons. The van der Waals surface area contributed by atoms with Crippen LogP contribution in [-0.4, -0.2) is 0 Å². The van der Waals surface area contributed by atoms with Gasteiger partial charge >= 0.3 is 0 Å². The second-order valence-electron chi connectivity index (χ2n) is 5.67. The maximum atomic E-state index is 8.82. The first kappa shape index (κ1) is 15.2. The van der Waals surface area contributed by atoms with Crippen molar-refractivity contribution in [1.82, 2.24) is 0 Å². The molecule has 1 atom stereocenters. The highest BCUT2D eigenvalue weighted by atomic mass is 15.1. The Labute approximate surface area is 125 Å². The van der Waals surface area contributed by atoms with E-state index in [2.05, 4.69) is 29.1 Å². The minimum absolute atomic E-state index is 0.193. The lowest BCUT2D eigenvalue weighted by atomic mass is 9.80. The summed E-state index contributed by atoms with van der Waals surface area (Å²) in [5.74, 6) is 0. The van der Waals surface area contributed by atoms with Gasteiger partial charge in [0.15, 0.2) is 0 Å². The molecule has 0 fully saturated rings. The summed E-state index contributed by atoms with van der Waals surface area (Å²) < 4.78 is 0. The Balaban J connectivity index is 2.17. The zero-order valence-electron chi connectivity index (χ0n) is 12.4. The van der Waals surface area contributed by atoms with Crippen molar-refractivity contribution in [3.8, 4) is 6.07 Å². The topological polar surface area (TPSA) is 72.5 Å². The van der Waals surface area contributed by atoms with E-state index < -0.39 is 0 Å². The van der Waals surface area contributed by atoms with Crippen LogP contribution in [0.25, 0.3) is 10.4 Å². The van der Waals surface area contributed by atoms with Crippen LogP contribution in [0.15, 0.2) is 41.0 Å². The van der Waals surface area contributed by atoms with E-state index in [0.29, 0.717) is 12.1 Å². The van der Waals surface area contributed by atoms with Crippen LogP contribution in [0.1, 0.15) is 44.6 Å². The van der Waals surface area contributed by atoms with E-state index >= 15 is 0 Å². The zero-order chi connectivity index (χ0) is 15.1. The Kier molecular flexibility index (Phi) is 5.03. The van der Waals surface area contributed by atoms with Gasteiger partial charge in [-0.15, -0.1) is 0 Å². The lowest BCUT2D eigenvalue weighted by Gasteiger charge is -2.24. The first-order chi connectivity index (χ1) is 10.2. The highest BCUT2D eigenvalue weighted by Crippen LogP contribution is 2.43. The lowest BCUT2D eigenvalue weighted by molar-refractivity contribution is 0.335. The van der Waals surface area contributed by atoms with Crippen LogP contribution >= 0.6 is 0 Å². The molecule has 0 aliphatic heterocycles. The summed E-state index contributed by atoms with van der Waals surface area (Å²) in [5, 5.41) is 12.6. The molecule has 1 aromatic rings. The first-order valence-electron chi connectivity index (χ1n) is 7.43. The van der Waals surface area contributed by atoms with Crippen LogP contribution in [0.3, 0.4) is 0 Å². The number of rotatable bonds is 6. The smallest absolute Gasteiger partial charge is 0.0622 e. The normalized spacial score (nSPS) is 20.5. The van der Waals surface area contributed by atoms with Gasteiger partial charge in [0.25, 0.3) is 0 Å². The number of hydrogen-bond donors (Lipinski definition) is 0. The van der Waals surface area contributed by atoms with Gasteiger partial charge in [0, 0.05) is 17.0 Å². The quantitative estimate of drug-likeness (QED) is 0.289. The summed E-state index contributed by atoms with van der Waals surface area (Å²) in [5.41, 5.74) is 12.0. The molecule has 0 heterocycles. The van der Waals surface area contributed by atoms with E-state index in [0.717, 1.165) is 37.7 Å². The summed E-state index contributed by atoms with van der Waals surface area (Å²) >= 11 is 0. The molecule has 0 amide bonds. The fourth-order valence-corrected chi connectivity index (χ4v) is 3.13. The van der Waals surface area contributed by atoms with Crippen molar-refractivity contribution < 1.29 is 0 Å². The molecular formula is C17H20N4. The van der Waals surface area contributed by atoms with Crippen molar-refractivity contribution >= 4 is 5.69 Å². The molecule has 1 aliphatic rings. The van der Waals surface area contributed by atoms with Gasteiger partial charge in [-0.1, -0.05) is 48.0 Å². The second-order valence-corrected chi connectivity index (χ2v) is 5.67. The molecule has 0 spiro atoms. The molecule has 1 aromatic carbocycles. The molecule has 4 heteroatoms. The maximum absolute atomic E-state index is 8.82. The van der Waals surface area contributed by atoms with Crippen molar-refractivity contribution in [2.45, 2.75) is 45.4 Å². The number of hydrogen-bond acceptors (Lipinski definition) is 2. The fourth-order valence-electron chi connectivity index (χ4n) is 3.13. The average molecular weight is 280 g/mol. The van der Waals surface area contributed by atoms with Crippen molar-refractivity contribution in [2.24, 2.45) is 10.5 Å². The Hall–Kier alpha value is -2.24. The number of benzene rings is 1. The third kappa shape index (κ3) is 3.65. The third-order valence-electron chi connectivity index (χ3n) is 4.45. The van der Waals surface area contributed by atoms with E-state index in [9.17, 15) is 0 Å². The number of allylic oxidation sites excluding steroid dienone is 2. The first-order valence-corrected chi connectivity index (χ1v) is 7.43. The summed E-state index contributed by atoms with van der Waals surface area (Å²) in [7, 11) is 0. The van der Waals surface area contributed by atoms with Crippen molar-refractivity contribution in [3.63, 3.8) is 0 Å². The highest BCUT2D eigenvalue weighted by Gasteiger charge is 2.30. The summed E-state index contributed by atoms with van der Waals surface area (Å²) in [6, 6.07) is 10.00. The van der Waals surface area contributed by atoms with Gasteiger partial charge < -0.3 is 0 Å². The molecule has 0 saturated carbocycles. The Morgan fingerprint density at radius 3 is 2.95 bits per heavy atom. The molecule has 0 aromatic heterocycles. The predicted octanol–water partition coefficient (Wildman–Crippen LogP) is 5.59. The molecule has 0 radical (unpaired) electrons. The van der Waals surface area contributed by atoms with E-state index in [-0.39, 0.29) is 5.41 Å². The minimum atomic E-state index is 0.193. The number of nitriles is 1. The molecule has 0 bridgehead atoms. The van der Waals surface area contributed by atoms with E-state index in [4.69, 9.17) is 10.8 Å². The van der Waals surface area contributed by atoms with Crippen LogP contribution in [0.5, 0.6) is 0 Å². The van der Waals surface area contributed by atoms with Crippen LogP contribution in [0.4, 0.5) is 5.69 Å². The fraction of sp³-hybridized carbons (Fsp3) is 0.471. The summed E-state index contributed by atoms with van der Waals surface area (Å²) in [4.78, 5) is 2.90. The second kappa shape index (κ2) is 6.97. The van der Waals surface area contributed by atoms with Crippen LogP contribution in [0.2, 0.25) is 0 Å². The molecule has 0 saturated heterocycles. The van der Waals surface area contributed by atoms with E-state index in [1.807, 2.05) is 24.3 Å². The van der Waals surface area contributed by atoms with Crippen LogP contribution in [-0.2, 0) is 6.42 Å². The van der Waals surface area contributed by atoms with Gasteiger partial charge in [0.1, 0.15) is 0 Å². The van der Waals surface area contributed by atoms with Crippen LogP contribution in [0, 0.1) is 16.7 Å². The monoisotopic (exact) mass is 280 g/mol. The zero-order valence-corrected chi connectivity index (χ0v) is 12.4. The molecule has 4 nitrogen and oxygen atoms in total. The largest absolute Gasteiger partial charge is 0.198 e. The van der Waals surface area contributed by atoms with Gasteiger partial charge in [-0.2, -0.15) is 5.26 Å². The molecule has 1 aliphatic carbocycles. The van der Waals surface area contributed by atoms with Gasteiger partial charge in [-0.3, -0.25) is 0 Å². The van der Waals surface area contributed by atoms with Crippen LogP contribution < -0.4 is 0 Å². The standard InChI is InChI=1S/C17H20N4/c1-2-17(9-5-11-18)10-8-14(13-17)12-15-6-3-4-7-16(15)20-21-19/h3-4,6-7,13H,2,5,8-10,12H2,1H3. The van der Waals surface area contributed by atoms with Crippen molar-refractivity contribution in [1.29, 1.82) is 5.26 Å². The molecular weight excluding hydrogens is 260 g/mol. The predicted molar refractivity (Wildman–Crippen MR) is 83.8 cm³/mol. The minimum Gasteiger partial charge on any atom is -0.198 e. The molecule has 21 heavy (non-hydrogen) atoms. The Morgan fingerprint density at radius 1 is 1.43 bits per heavy atom. The van der Waals surface area contributed by atoms with Gasteiger partial charge in [0.05, 0.1) is 6.07 Å². The van der Waals surface area contributed by atoms with Crippen molar-refractivity contribution in [2.75, 3.05) is 0 Å². The van der Waals surface area contributed by atoms with E-state index in [1.165, 1.54) is 5.57 Å². The highest BCUT2D eigenvalue weighted by molar-refractivity contribution is 5.47. The van der Waals surface area contributed by atoms with Gasteiger partial charge in [0.2, 0.25) is 0 Å². The Morgan fingerprint density at radius 2 is 2.24 bits per heavy atom. The maximum Gasteiger partial charge on any atom is 0.0622 e. The van der Waals surface area contributed by atoms with Crippen molar-refractivity contribution in [3.05, 3.63) is 51.9 Å². The van der Waals surface area contributed by atoms with Gasteiger partial charge in [-0.25, -0.2) is 0 Å². The Bertz CT molecular complexity index is 620. The average Bonchev–Trinajstić information content (AvgIpc) is 2.91. The SMILES string of the molecule is CCC1(CCC#N)C=C(Cc2ccccc2N=[N+]=[N-])CC1. The molecule has 1 unspecified atom stereocenters. The summed E-state index contributed by atoms with van der Waals surface area (Å²) in [6.07, 6.45) is 8.05. The third-order valence-corrected chi connectivity index (χ3v) is 4.45. The van der Waals surface area contributed by atoms with Gasteiger partial charge in [-0.05, 0) is 48.6 Å². The molecule has 2 rings (SSSR count).